The zero-order chi connectivity index (χ0) is 33.3. The van der Waals surface area contributed by atoms with E-state index in [1.807, 2.05) is 0 Å². The lowest BCUT2D eigenvalue weighted by Crippen LogP contribution is -2.67. The largest absolute Gasteiger partial charge is 0.394 e. The molecule has 0 spiro atoms. The molecule has 264 valence electrons. The normalized spacial score (nSPS) is 52.9. The molecule has 4 rings (SSSR count). The predicted octanol–water partition coefficient (Wildman–Crippen LogP) is -9.75. The van der Waals surface area contributed by atoms with E-state index in [2.05, 4.69) is 0 Å². The first kappa shape index (κ1) is 37.0. The van der Waals surface area contributed by atoms with Crippen molar-refractivity contribution in [1.82, 2.24) is 0 Å². The molecule has 20 atom stereocenters. The first-order valence-corrected chi connectivity index (χ1v) is 14.1. The minimum atomic E-state index is -2.02. The van der Waals surface area contributed by atoms with Crippen molar-refractivity contribution in [2.75, 3.05) is 26.4 Å². The number of hydrogen-bond donors (Lipinski definition) is 14. The summed E-state index contributed by atoms with van der Waals surface area (Å²) in [7, 11) is 0. The molecular weight excluding hydrogens is 624 g/mol. The summed E-state index contributed by atoms with van der Waals surface area (Å²) >= 11 is 0. The van der Waals surface area contributed by atoms with Gasteiger partial charge in [0.15, 0.2) is 25.2 Å². The smallest absolute Gasteiger partial charge is 0.187 e. The molecule has 0 amide bonds. The number of aliphatic hydroxyl groups is 14. The van der Waals surface area contributed by atoms with Crippen LogP contribution >= 0.6 is 0 Å². The Kier molecular flexibility index (Phi) is 12.8. The van der Waals surface area contributed by atoms with Crippen molar-refractivity contribution < 1.29 is 105 Å². The molecular formula is C24H42O21. The lowest BCUT2D eigenvalue weighted by molar-refractivity contribution is -0.387. The maximum Gasteiger partial charge on any atom is 0.187 e. The van der Waals surface area contributed by atoms with Gasteiger partial charge < -0.3 is 105 Å². The van der Waals surface area contributed by atoms with Gasteiger partial charge in [-0.15, -0.1) is 0 Å². The Hall–Kier alpha value is -0.840. The van der Waals surface area contributed by atoms with Crippen LogP contribution in [0.1, 0.15) is 0 Å². The van der Waals surface area contributed by atoms with Crippen molar-refractivity contribution in [3.8, 4) is 0 Å². The first-order valence-electron chi connectivity index (χ1n) is 14.1. The van der Waals surface area contributed by atoms with Gasteiger partial charge in [0.05, 0.1) is 26.4 Å². The van der Waals surface area contributed by atoms with Gasteiger partial charge in [0.1, 0.15) is 97.7 Å². The Morgan fingerprint density at radius 1 is 0.333 bits per heavy atom. The minimum Gasteiger partial charge on any atom is -0.394 e. The molecule has 4 heterocycles. The van der Waals surface area contributed by atoms with Crippen LogP contribution in [0.3, 0.4) is 0 Å². The van der Waals surface area contributed by atoms with Gasteiger partial charge in [-0.25, -0.2) is 0 Å². The predicted molar refractivity (Wildman–Crippen MR) is 134 cm³/mol. The fourth-order valence-corrected chi connectivity index (χ4v) is 5.54. The SMILES string of the molecule is OC[C@H]1O[C@H](O[C@H]2[C@H](O)[C@@H](O)[C@@H](O[C@H]3[C@H](O)[C@@H](O)[C@@H](O[C@@H]4[C@@H](O)[C@H](O)O[C@H](CO)[C@H]4O)O[C@@H]3CO)O[C@@H]2CO)[C@H](O)[C@@H](O)[C@@H]1O. The Labute approximate surface area is 254 Å². The minimum absolute atomic E-state index is 0.782. The van der Waals surface area contributed by atoms with Crippen LogP contribution in [0.4, 0.5) is 0 Å². The zero-order valence-electron chi connectivity index (χ0n) is 23.5. The second kappa shape index (κ2) is 15.6. The van der Waals surface area contributed by atoms with Crippen LogP contribution in [0.15, 0.2) is 0 Å². The second-order valence-electron chi connectivity index (χ2n) is 11.1. The summed E-state index contributed by atoms with van der Waals surface area (Å²) in [6.45, 7) is -3.37. The lowest BCUT2D eigenvalue weighted by Gasteiger charge is -2.48. The van der Waals surface area contributed by atoms with Crippen LogP contribution in [0.5, 0.6) is 0 Å². The zero-order valence-corrected chi connectivity index (χ0v) is 23.5. The van der Waals surface area contributed by atoms with E-state index < -0.39 is 149 Å². The van der Waals surface area contributed by atoms with Crippen LogP contribution in [0.25, 0.3) is 0 Å². The Morgan fingerprint density at radius 2 is 0.689 bits per heavy atom. The molecule has 14 N–H and O–H groups in total. The maximum atomic E-state index is 10.9. The van der Waals surface area contributed by atoms with E-state index in [0.717, 1.165) is 0 Å². The van der Waals surface area contributed by atoms with Gasteiger partial charge >= 0.3 is 0 Å². The molecule has 0 radical (unpaired) electrons. The highest BCUT2D eigenvalue weighted by molar-refractivity contribution is 4.97. The van der Waals surface area contributed by atoms with Gasteiger partial charge in [-0.2, -0.15) is 0 Å². The molecule has 0 aromatic rings. The summed E-state index contributed by atoms with van der Waals surface area (Å²) in [6.07, 6.45) is -35.4. The average Bonchev–Trinajstić information content (AvgIpc) is 3.03. The summed E-state index contributed by atoms with van der Waals surface area (Å²) in [5.74, 6) is 0. The highest BCUT2D eigenvalue weighted by Gasteiger charge is 2.55. The summed E-state index contributed by atoms with van der Waals surface area (Å²) < 4.78 is 37.5. The molecule has 45 heavy (non-hydrogen) atoms. The van der Waals surface area contributed by atoms with E-state index in [1.54, 1.807) is 0 Å². The summed E-state index contributed by atoms with van der Waals surface area (Å²) in [6, 6.07) is 0. The fraction of sp³-hybridized carbons (Fsp3) is 1.00. The van der Waals surface area contributed by atoms with E-state index in [9.17, 15) is 71.5 Å². The van der Waals surface area contributed by atoms with E-state index in [0.29, 0.717) is 0 Å². The molecule has 0 aromatic carbocycles. The topological polar surface area (TPSA) is 348 Å². The van der Waals surface area contributed by atoms with Crippen LogP contribution < -0.4 is 0 Å². The maximum absolute atomic E-state index is 10.9. The Bertz CT molecular complexity index is 912. The molecule has 0 aromatic heterocycles. The van der Waals surface area contributed by atoms with Crippen molar-refractivity contribution in [2.24, 2.45) is 0 Å². The lowest BCUT2D eigenvalue weighted by atomic mass is 9.95. The number of rotatable bonds is 10. The Morgan fingerprint density at radius 3 is 1.11 bits per heavy atom. The number of ether oxygens (including phenoxy) is 7. The third-order valence-electron chi connectivity index (χ3n) is 8.20. The highest BCUT2D eigenvalue weighted by atomic mass is 16.8. The molecule has 21 heteroatoms. The van der Waals surface area contributed by atoms with E-state index in [1.165, 1.54) is 0 Å². The standard InChI is InChI=1S/C24H42O21/c25-1-5-9(29)11(31)14(34)22(40-5)43-18-7(3-27)41-23(15(35)12(18)32)44-19-8(4-28)42-24(16(36)13(19)33)45-20-10(30)6(2-26)39-21(38)17(20)37/h5-38H,1-4H2/t5-,6-,7-,8-,9-,10-,11+,12-,13-,14-,15-,16-,17-,18-,19-,20+,21-,22-,23-,24-/m1/s1. The van der Waals surface area contributed by atoms with Gasteiger partial charge in [-0.3, -0.25) is 0 Å². The van der Waals surface area contributed by atoms with Gasteiger partial charge in [0.25, 0.3) is 0 Å². The molecule has 0 bridgehead atoms. The van der Waals surface area contributed by atoms with E-state index in [4.69, 9.17) is 33.2 Å². The van der Waals surface area contributed by atoms with Crippen molar-refractivity contribution >= 4 is 0 Å². The molecule has 4 aliphatic heterocycles. The van der Waals surface area contributed by atoms with Crippen molar-refractivity contribution in [1.29, 1.82) is 0 Å². The second-order valence-corrected chi connectivity index (χ2v) is 11.1. The number of aliphatic hydroxyl groups excluding tert-OH is 14. The first-order chi connectivity index (χ1) is 21.3. The highest BCUT2D eigenvalue weighted by Crippen LogP contribution is 2.34. The molecule has 21 nitrogen and oxygen atoms in total. The van der Waals surface area contributed by atoms with Crippen LogP contribution in [-0.4, -0.2) is 221 Å². The quantitative estimate of drug-likeness (QED) is 0.103. The molecule has 0 saturated carbocycles. The fourth-order valence-electron chi connectivity index (χ4n) is 5.54. The van der Waals surface area contributed by atoms with Crippen molar-refractivity contribution in [3.63, 3.8) is 0 Å². The summed E-state index contributed by atoms with van der Waals surface area (Å²) in [5, 5.41) is 142. The third-order valence-corrected chi connectivity index (χ3v) is 8.20. The van der Waals surface area contributed by atoms with Gasteiger partial charge in [0.2, 0.25) is 0 Å². The molecule has 4 aliphatic rings. The molecule has 0 unspecified atom stereocenters. The van der Waals surface area contributed by atoms with E-state index in [-0.39, 0.29) is 0 Å². The van der Waals surface area contributed by atoms with Crippen LogP contribution in [0.2, 0.25) is 0 Å². The molecule has 0 aliphatic carbocycles. The molecule has 4 fully saturated rings. The van der Waals surface area contributed by atoms with Crippen molar-refractivity contribution in [3.05, 3.63) is 0 Å². The Balaban J connectivity index is 1.43. The monoisotopic (exact) mass is 666 g/mol. The van der Waals surface area contributed by atoms with Gasteiger partial charge in [-0.1, -0.05) is 0 Å². The summed E-state index contributed by atoms with van der Waals surface area (Å²) in [4.78, 5) is 0. The van der Waals surface area contributed by atoms with E-state index >= 15 is 0 Å². The van der Waals surface area contributed by atoms with Gasteiger partial charge in [0, 0.05) is 0 Å². The van der Waals surface area contributed by atoms with Gasteiger partial charge in [-0.05, 0) is 0 Å². The van der Waals surface area contributed by atoms with Crippen molar-refractivity contribution in [2.45, 2.75) is 123 Å². The average molecular weight is 667 g/mol. The number of hydrogen-bond acceptors (Lipinski definition) is 21. The third kappa shape index (κ3) is 7.44. The molecule has 4 saturated heterocycles. The van der Waals surface area contributed by atoms with Crippen LogP contribution in [-0.2, 0) is 33.2 Å². The summed E-state index contributed by atoms with van der Waals surface area (Å²) in [5.41, 5.74) is 0. The van der Waals surface area contributed by atoms with Crippen LogP contribution in [0, 0.1) is 0 Å².